The van der Waals surface area contributed by atoms with Gasteiger partial charge in [-0.1, -0.05) is 26.0 Å². The van der Waals surface area contributed by atoms with E-state index in [1.807, 2.05) is 18.2 Å². The number of nitrogens with zero attached hydrogens (tertiary/aromatic N) is 1. The first kappa shape index (κ1) is 26.4. The molecule has 0 saturated carbocycles. The van der Waals surface area contributed by atoms with Crippen molar-refractivity contribution in [2.45, 2.75) is 51.0 Å². The number of rotatable bonds is 9. The van der Waals surface area contributed by atoms with Gasteiger partial charge in [-0.3, -0.25) is 0 Å². The first-order chi connectivity index (χ1) is 14.8. The molecule has 4 nitrogen and oxygen atoms in total. The van der Waals surface area contributed by atoms with Crippen molar-refractivity contribution in [1.29, 1.82) is 0 Å². The van der Waals surface area contributed by atoms with Crippen molar-refractivity contribution in [3.05, 3.63) is 58.9 Å². The summed E-state index contributed by atoms with van der Waals surface area (Å²) in [6.45, 7) is 5.99. The minimum absolute atomic E-state index is 0. The topological polar surface area (TPSA) is 41.9 Å². The monoisotopic (exact) mass is 465 g/mol. The number of aliphatic hydroxyl groups is 1. The quantitative estimate of drug-likeness (QED) is 0.549. The van der Waals surface area contributed by atoms with E-state index in [9.17, 15) is 9.50 Å². The van der Waals surface area contributed by atoms with Gasteiger partial charge < -0.3 is 19.5 Å². The van der Waals surface area contributed by atoms with Crippen LogP contribution in [0.3, 0.4) is 0 Å². The van der Waals surface area contributed by atoms with Crippen LogP contribution >= 0.6 is 12.4 Å². The summed E-state index contributed by atoms with van der Waals surface area (Å²) in [4.78, 5) is 2.27. The van der Waals surface area contributed by atoms with Crippen LogP contribution in [0, 0.1) is 11.7 Å². The number of aryl methyl sites for hydroxylation is 1. The third-order valence-electron chi connectivity index (χ3n) is 6.67. The molecular weight excluding hydrogens is 429 g/mol. The lowest BCUT2D eigenvalue weighted by Crippen LogP contribution is -2.45. The average Bonchev–Trinajstić information content (AvgIpc) is 2.75. The van der Waals surface area contributed by atoms with Gasteiger partial charge in [-0.05, 0) is 79.6 Å². The Bertz CT molecular complexity index is 891. The molecule has 0 aliphatic heterocycles. The van der Waals surface area contributed by atoms with Gasteiger partial charge in [0.1, 0.15) is 5.82 Å². The molecule has 0 radical (unpaired) electrons. The second kappa shape index (κ2) is 11.4. The maximum atomic E-state index is 13.7. The van der Waals surface area contributed by atoms with Crippen LogP contribution in [-0.4, -0.2) is 50.0 Å². The first-order valence-electron chi connectivity index (χ1n) is 11.2. The number of ether oxygens (including phenoxy) is 2. The van der Waals surface area contributed by atoms with Gasteiger partial charge in [-0.25, -0.2) is 4.39 Å². The molecule has 6 heteroatoms. The molecule has 0 fully saturated rings. The second-order valence-corrected chi connectivity index (χ2v) is 9.16. The van der Waals surface area contributed by atoms with Gasteiger partial charge in [0, 0.05) is 19.0 Å². The number of hydrogen-bond donors (Lipinski definition) is 1. The van der Waals surface area contributed by atoms with E-state index < -0.39 is 5.60 Å². The molecule has 2 aromatic carbocycles. The Hall–Kier alpha value is -1.82. The van der Waals surface area contributed by atoms with E-state index in [2.05, 4.69) is 31.9 Å². The molecule has 2 aromatic rings. The summed E-state index contributed by atoms with van der Waals surface area (Å²) >= 11 is 0. The fraction of sp³-hybridized carbons (Fsp3) is 0.538. The molecule has 0 saturated heterocycles. The van der Waals surface area contributed by atoms with Gasteiger partial charge in [0.25, 0.3) is 0 Å². The number of fused-ring (bicyclic) bond motifs is 1. The SMILES string of the molecule is COc1ccc(CCN(C)CC[C@@]2(O)CCc3cc(F)ccc3[C@@H]2C(C)C)cc1OC.Cl. The van der Waals surface area contributed by atoms with E-state index in [1.165, 1.54) is 11.6 Å². The second-order valence-electron chi connectivity index (χ2n) is 9.16. The summed E-state index contributed by atoms with van der Waals surface area (Å²) in [5.74, 6) is 1.59. The standard InChI is InChI=1S/C26H36FNO3.ClH/c1-18(2)25-22-8-7-21(27)17-20(22)10-12-26(25,29)13-15-28(3)14-11-19-6-9-23(30-4)24(16-19)31-5;/h6-9,16-18,25,29H,10-15H2,1-5H3;1H/t25-,26-;/m0./s1. The van der Waals surface area contributed by atoms with Crippen molar-refractivity contribution < 1.29 is 19.0 Å². The van der Waals surface area contributed by atoms with Crippen molar-refractivity contribution in [3.8, 4) is 11.5 Å². The summed E-state index contributed by atoms with van der Waals surface area (Å²) in [7, 11) is 5.39. The van der Waals surface area contributed by atoms with Crippen LogP contribution < -0.4 is 9.47 Å². The molecule has 0 bridgehead atoms. The fourth-order valence-electron chi connectivity index (χ4n) is 5.00. The van der Waals surface area contributed by atoms with Gasteiger partial charge in [0.05, 0.1) is 19.8 Å². The van der Waals surface area contributed by atoms with Crippen LogP contribution in [-0.2, 0) is 12.8 Å². The van der Waals surface area contributed by atoms with E-state index in [0.717, 1.165) is 48.6 Å². The van der Waals surface area contributed by atoms with E-state index >= 15 is 0 Å². The van der Waals surface area contributed by atoms with Crippen LogP contribution in [0.15, 0.2) is 36.4 Å². The maximum Gasteiger partial charge on any atom is 0.160 e. The Morgan fingerprint density at radius 1 is 1.09 bits per heavy atom. The number of benzene rings is 2. The van der Waals surface area contributed by atoms with Crippen molar-refractivity contribution in [2.24, 2.45) is 5.92 Å². The normalized spacial score (nSPS) is 20.1. The molecule has 2 atom stereocenters. The van der Waals surface area contributed by atoms with Gasteiger partial charge in [0.2, 0.25) is 0 Å². The molecule has 178 valence electrons. The molecule has 0 aromatic heterocycles. The molecule has 1 aliphatic carbocycles. The Morgan fingerprint density at radius 3 is 2.47 bits per heavy atom. The molecule has 1 N–H and O–H groups in total. The van der Waals surface area contributed by atoms with E-state index in [-0.39, 0.29) is 30.1 Å². The number of methoxy groups -OCH3 is 2. The van der Waals surface area contributed by atoms with Crippen LogP contribution in [0.5, 0.6) is 11.5 Å². The van der Waals surface area contributed by atoms with Crippen molar-refractivity contribution in [2.75, 3.05) is 34.4 Å². The minimum atomic E-state index is -0.767. The Morgan fingerprint density at radius 2 is 1.81 bits per heavy atom. The average molecular weight is 466 g/mol. The summed E-state index contributed by atoms with van der Waals surface area (Å²) < 4.78 is 24.4. The molecule has 1 aliphatic rings. The summed E-state index contributed by atoms with van der Waals surface area (Å²) in [5, 5.41) is 11.6. The predicted molar refractivity (Wildman–Crippen MR) is 130 cm³/mol. The lowest BCUT2D eigenvalue weighted by Gasteiger charge is -2.44. The maximum absolute atomic E-state index is 13.7. The first-order valence-corrected chi connectivity index (χ1v) is 11.2. The van der Waals surface area contributed by atoms with Gasteiger partial charge in [-0.2, -0.15) is 0 Å². The predicted octanol–water partition coefficient (Wildman–Crippen LogP) is 5.25. The van der Waals surface area contributed by atoms with E-state index in [4.69, 9.17) is 9.47 Å². The van der Waals surface area contributed by atoms with Crippen LogP contribution in [0.2, 0.25) is 0 Å². The molecule has 3 rings (SSSR count). The van der Waals surface area contributed by atoms with Gasteiger partial charge >= 0.3 is 0 Å². The number of hydrogen-bond acceptors (Lipinski definition) is 4. The summed E-state index contributed by atoms with van der Waals surface area (Å²) in [5.41, 5.74) is 2.58. The Labute approximate surface area is 198 Å². The molecule has 0 heterocycles. The lowest BCUT2D eigenvalue weighted by atomic mass is 9.66. The fourth-order valence-corrected chi connectivity index (χ4v) is 5.00. The Balaban J connectivity index is 0.00000363. The molecule has 0 spiro atoms. The molecule has 32 heavy (non-hydrogen) atoms. The molecule has 0 unspecified atom stereocenters. The highest BCUT2D eigenvalue weighted by atomic mass is 35.5. The third kappa shape index (κ3) is 5.94. The highest BCUT2D eigenvalue weighted by Gasteiger charge is 2.43. The van der Waals surface area contributed by atoms with Gasteiger partial charge in [0.15, 0.2) is 11.5 Å². The van der Waals surface area contributed by atoms with E-state index in [1.54, 1.807) is 20.3 Å². The van der Waals surface area contributed by atoms with Crippen LogP contribution in [0.4, 0.5) is 4.39 Å². The summed E-state index contributed by atoms with van der Waals surface area (Å²) in [6.07, 6.45) is 3.00. The van der Waals surface area contributed by atoms with Crippen molar-refractivity contribution >= 4 is 12.4 Å². The Kier molecular flexibility index (Phi) is 9.38. The van der Waals surface area contributed by atoms with Gasteiger partial charge in [-0.15, -0.1) is 12.4 Å². The van der Waals surface area contributed by atoms with Crippen molar-refractivity contribution in [1.82, 2.24) is 4.90 Å². The van der Waals surface area contributed by atoms with Crippen LogP contribution in [0.1, 0.15) is 49.3 Å². The zero-order valence-electron chi connectivity index (χ0n) is 19.9. The summed E-state index contributed by atoms with van der Waals surface area (Å²) in [6, 6.07) is 11.1. The molecular formula is C26H37ClFNO3. The number of likely N-dealkylation sites (N-methyl/N-ethyl adjacent to an activating group) is 1. The highest BCUT2D eigenvalue weighted by molar-refractivity contribution is 5.85. The number of halogens is 2. The lowest BCUT2D eigenvalue weighted by molar-refractivity contribution is -0.0300. The highest BCUT2D eigenvalue weighted by Crippen LogP contribution is 2.45. The molecule has 0 amide bonds. The zero-order valence-corrected chi connectivity index (χ0v) is 20.7. The van der Waals surface area contributed by atoms with Crippen molar-refractivity contribution in [3.63, 3.8) is 0 Å². The smallest absolute Gasteiger partial charge is 0.160 e. The largest absolute Gasteiger partial charge is 0.493 e. The zero-order chi connectivity index (χ0) is 22.6. The third-order valence-corrected chi connectivity index (χ3v) is 6.67. The minimum Gasteiger partial charge on any atom is -0.493 e. The van der Waals surface area contributed by atoms with E-state index in [0.29, 0.717) is 12.8 Å². The van der Waals surface area contributed by atoms with Crippen LogP contribution in [0.25, 0.3) is 0 Å².